The first-order chi connectivity index (χ1) is 22.9. The highest BCUT2D eigenvalue weighted by atomic mass is 32.2. The lowest BCUT2D eigenvalue weighted by molar-refractivity contribution is -0.142. The van der Waals surface area contributed by atoms with E-state index in [2.05, 4.69) is 19.1 Å². The predicted molar refractivity (Wildman–Crippen MR) is 197 cm³/mol. The molecule has 6 heteroatoms. The summed E-state index contributed by atoms with van der Waals surface area (Å²) in [5.41, 5.74) is 0. The molecular formula is C41H70O5S. The number of rotatable bonds is 28. The molecule has 270 valence electrons. The van der Waals surface area contributed by atoms with Gasteiger partial charge >= 0.3 is 5.97 Å². The highest BCUT2D eigenvalue weighted by molar-refractivity contribution is 8.01. The fraction of sp³-hybridized carbons (Fsp3) is 0.829. The number of esters is 1. The Morgan fingerprint density at radius 2 is 1.15 bits per heavy atom. The molecule has 47 heavy (non-hydrogen) atoms. The van der Waals surface area contributed by atoms with Crippen molar-refractivity contribution in [3.8, 4) is 0 Å². The monoisotopic (exact) mass is 674 g/mol. The first kappa shape index (κ1) is 40.4. The van der Waals surface area contributed by atoms with E-state index in [1.54, 1.807) is 11.8 Å². The molecule has 5 nitrogen and oxygen atoms in total. The minimum absolute atomic E-state index is 0.00770. The van der Waals surface area contributed by atoms with Gasteiger partial charge in [-0.2, -0.15) is 0 Å². The van der Waals surface area contributed by atoms with Crippen molar-refractivity contribution in [2.45, 2.75) is 221 Å². The van der Waals surface area contributed by atoms with Crippen LogP contribution < -0.4 is 0 Å². The molecule has 1 aromatic rings. The molecule has 3 rings (SSSR count). The van der Waals surface area contributed by atoms with Gasteiger partial charge in [0.1, 0.15) is 10.9 Å². The van der Waals surface area contributed by atoms with Crippen molar-refractivity contribution in [1.82, 2.24) is 0 Å². The lowest BCUT2D eigenvalue weighted by Gasteiger charge is -2.24. The van der Waals surface area contributed by atoms with Crippen LogP contribution in [-0.4, -0.2) is 51.4 Å². The van der Waals surface area contributed by atoms with Crippen LogP contribution in [0, 0.1) is 0 Å². The summed E-state index contributed by atoms with van der Waals surface area (Å²) in [5.74, 6) is -0.0278. The van der Waals surface area contributed by atoms with Crippen LogP contribution in [0.25, 0.3) is 0 Å². The zero-order valence-corrected chi connectivity index (χ0v) is 31.0. The molecule has 6 atom stereocenters. The van der Waals surface area contributed by atoms with Crippen molar-refractivity contribution in [2.24, 2.45) is 0 Å². The molecule has 0 radical (unpaired) electrons. The molecular weight excluding hydrogens is 605 g/mol. The van der Waals surface area contributed by atoms with Crippen LogP contribution >= 0.6 is 11.8 Å². The summed E-state index contributed by atoms with van der Waals surface area (Å²) in [5, 5.41) is 21.4. The average Bonchev–Trinajstić information content (AvgIpc) is 3.67. The van der Waals surface area contributed by atoms with Gasteiger partial charge in [-0.3, -0.25) is 4.79 Å². The van der Waals surface area contributed by atoms with Gasteiger partial charge in [0.05, 0.1) is 24.4 Å². The molecule has 0 spiro atoms. The maximum absolute atomic E-state index is 12.8. The molecule has 2 aliphatic rings. The van der Waals surface area contributed by atoms with E-state index in [4.69, 9.17) is 9.47 Å². The van der Waals surface area contributed by atoms with Crippen molar-refractivity contribution in [3.05, 3.63) is 30.3 Å². The normalized spacial score (nSPS) is 24.1. The SMILES string of the molecule is CCCCCCCCCCCC[C@@H](O)[C@H]1CC[C@H]([C@H](O)CCCCCCCCCCCCC2(Sc3ccccc3)C[C@H](C)OC2=O)O1. The Kier molecular flexibility index (Phi) is 20.7. The van der Waals surface area contributed by atoms with Gasteiger partial charge < -0.3 is 19.7 Å². The van der Waals surface area contributed by atoms with Crippen molar-refractivity contribution >= 4 is 17.7 Å². The van der Waals surface area contributed by atoms with Crippen molar-refractivity contribution < 1.29 is 24.5 Å². The molecule has 2 heterocycles. The van der Waals surface area contributed by atoms with Gasteiger partial charge in [0, 0.05) is 11.3 Å². The second-order valence-corrected chi connectivity index (χ2v) is 16.3. The molecule has 0 aliphatic carbocycles. The largest absolute Gasteiger partial charge is 0.462 e. The summed E-state index contributed by atoms with van der Waals surface area (Å²) in [7, 11) is 0. The number of aliphatic hydroxyl groups excluding tert-OH is 2. The first-order valence-electron chi connectivity index (χ1n) is 19.9. The van der Waals surface area contributed by atoms with Crippen LogP contribution in [-0.2, 0) is 14.3 Å². The summed E-state index contributed by atoms with van der Waals surface area (Å²) >= 11 is 1.70. The van der Waals surface area contributed by atoms with Gasteiger partial charge in [-0.05, 0) is 51.2 Å². The van der Waals surface area contributed by atoms with Gasteiger partial charge in [-0.15, -0.1) is 11.8 Å². The van der Waals surface area contributed by atoms with E-state index < -0.39 is 10.9 Å². The third-order valence-corrected chi connectivity index (χ3v) is 11.9. The Balaban J connectivity index is 1.12. The van der Waals surface area contributed by atoms with Crippen LogP contribution in [0.4, 0.5) is 0 Å². The van der Waals surface area contributed by atoms with Crippen molar-refractivity contribution in [1.29, 1.82) is 0 Å². The summed E-state index contributed by atoms with van der Waals surface area (Å²) < 4.78 is 11.3. The first-order valence-corrected chi connectivity index (χ1v) is 20.7. The number of aliphatic hydroxyl groups is 2. The fourth-order valence-corrected chi connectivity index (χ4v) is 9.02. The number of hydrogen-bond acceptors (Lipinski definition) is 6. The maximum atomic E-state index is 12.8. The Morgan fingerprint density at radius 1 is 0.702 bits per heavy atom. The molecule has 1 unspecified atom stereocenters. The highest BCUT2D eigenvalue weighted by Gasteiger charge is 2.48. The van der Waals surface area contributed by atoms with E-state index in [1.807, 2.05) is 25.1 Å². The molecule has 0 saturated carbocycles. The fourth-order valence-electron chi connectivity index (χ4n) is 7.58. The van der Waals surface area contributed by atoms with Gasteiger partial charge in [0.15, 0.2) is 0 Å². The number of benzene rings is 1. The van der Waals surface area contributed by atoms with Crippen LogP contribution in [0.2, 0.25) is 0 Å². The molecule has 1 aromatic carbocycles. The van der Waals surface area contributed by atoms with Crippen molar-refractivity contribution in [3.63, 3.8) is 0 Å². The number of ether oxygens (including phenoxy) is 2. The number of unbranched alkanes of at least 4 members (excludes halogenated alkanes) is 18. The van der Waals surface area contributed by atoms with E-state index in [-0.39, 0.29) is 30.4 Å². The van der Waals surface area contributed by atoms with Gasteiger partial charge in [-0.1, -0.05) is 154 Å². The molecule has 0 bridgehead atoms. The predicted octanol–water partition coefficient (Wildman–Crippen LogP) is 11.1. The van der Waals surface area contributed by atoms with Crippen molar-refractivity contribution in [2.75, 3.05) is 0 Å². The Bertz CT molecular complexity index is 928. The standard InChI is InChI=1S/C41H70O5S/c1-3-4-5-6-7-8-11-14-17-23-28-36(42)38-30-31-39(46-38)37(43)29-24-18-15-12-9-10-13-16-19-25-32-41(33-34(2)45-40(41)44)47-35-26-21-20-22-27-35/h20-22,26-27,34,36-39,42-43H,3-19,23-25,28-33H2,1-2H3/t34-,36+,37+,38+,39+,41?/m0/s1. The lowest BCUT2D eigenvalue weighted by Crippen LogP contribution is -2.31. The smallest absolute Gasteiger partial charge is 0.322 e. The molecule has 2 saturated heterocycles. The number of thioether (sulfide) groups is 1. The van der Waals surface area contributed by atoms with E-state index in [9.17, 15) is 15.0 Å². The Morgan fingerprint density at radius 3 is 1.60 bits per heavy atom. The maximum Gasteiger partial charge on any atom is 0.322 e. The van der Waals surface area contributed by atoms with Crippen LogP contribution in [0.5, 0.6) is 0 Å². The molecule has 2 aliphatic heterocycles. The Labute approximate surface area is 292 Å². The quantitative estimate of drug-likeness (QED) is 0.0680. The van der Waals surface area contributed by atoms with E-state index in [1.165, 1.54) is 109 Å². The molecule has 2 fully saturated rings. The summed E-state index contributed by atoms with van der Waals surface area (Å²) in [6.45, 7) is 4.28. The number of cyclic esters (lactones) is 1. The van der Waals surface area contributed by atoms with Gasteiger partial charge in [0.25, 0.3) is 0 Å². The number of carbonyl (C=O) groups excluding carboxylic acids is 1. The molecule has 0 amide bonds. The summed E-state index contributed by atoms with van der Waals surface area (Å²) in [6, 6.07) is 10.3. The van der Waals surface area contributed by atoms with E-state index >= 15 is 0 Å². The molecule has 2 N–H and O–H groups in total. The third kappa shape index (κ3) is 16.0. The van der Waals surface area contributed by atoms with Crippen LogP contribution in [0.15, 0.2) is 35.2 Å². The third-order valence-electron chi connectivity index (χ3n) is 10.5. The summed E-state index contributed by atoms with van der Waals surface area (Å²) in [4.78, 5) is 13.9. The van der Waals surface area contributed by atoms with Crippen LogP contribution in [0.1, 0.15) is 181 Å². The van der Waals surface area contributed by atoms with Gasteiger partial charge in [-0.25, -0.2) is 0 Å². The van der Waals surface area contributed by atoms with E-state index in [0.29, 0.717) is 0 Å². The molecule has 0 aromatic heterocycles. The zero-order valence-electron chi connectivity index (χ0n) is 30.2. The summed E-state index contributed by atoms with van der Waals surface area (Å²) in [6.07, 6.45) is 29.3. The lowest BCUT2D eigenvalue weighted by atomic mass is 9.96. The van der Waals surface area contributed by atoms with Crippen LogP contribution in [0.3, 0.4) is 0 Å². The number of carbonyl (C=O) groups is 1. The highest BCUT2D eigenvalue weighted by Crippen LogP contribution is 2.46. The van der Waals surface area contributed by atoms with E-state index in [0.717, 1.165) is 62.7 Å². The average molecular weight is 675 g/mol. The minimum Gasteiger partial charge on any atom is -0.462 e. The number of hydrogen-bond donors (Lipinski definition) is 2. The topological polar surface area (TPSA) is 76.0 Å². The second kappa shape index (κ2) is 24.1. The zero-order chi connectivity index (χ0) is 33.6. The second-order valence-electron chi connectivity index (χ2n) is 14.8. The minimum atomic E-state index is -0.423. The Hall–Kier alpha value is -1.08. The van der Waals surface area contributed by atoms with Gasteiger partial charge in [0.2, 0.25) is 0 Å².